The molecule has 784 valence electrons. The maximum Gasteiger partial charge on any atom is 0.303 e. The van der Waals surface area contributed by atoms with E-state index >= 15 is 0 Å². The summed E-state index contributed by atoms with van der Waals surface area (Å²) in [5.74, 6) is -26.2. The summed E-state index contributed by atoms with van der Waals surface area (Å²) < 4.78 is 215. The van der Waals surface area contributed by atoms with Crippen LogP contribution in [0.4, 0.5) is 0 Å². The molecule has 21 rings (SSSR count). The van der Waals surface area contributed by atoms with Crippen LogP contribution < -0.4 is 0 Å². The molecule has 21 heterocycles. The van der Waals surface area contributed by atoms with Gasteiger partial charge in [-0.15, -0.1) is 0 Å². The van der Waals surface area contributed by atoms with Crippen LogP contribution in [0.15, 0.2) is 0 Å². The molecule has 21 fully saturated rings. The predicted octanol–water partition coefficient (Wildman–Crippen LogP) is -3.24. The first-order valence-electron chi connectivity index (χ1n) is 43.2. The average Bonchev–Trinajstić information content (AvgIpc) is 0.769. The first kappa shape index (κ1) is 114. The van der Waals surface area contributed by atoms with Gasteiger partial charge in [0.05, 0.1) is 0 Å². The molecule has 21 aliphatic heterocycles. The zero-order chi connectivity index (χ0) is 104. The van der Waals surface area contributed by atoms with Crippen LogP contribution >= 0.6 is 0 Å². The van der Waals surface area contributed by atoms with Crippen molar-refractivity contribution in [1.29, 1.82) is 0 Å². The van der Waals surface area contributed by atoms with Crippen LogP contribution in [0.5, 0.6) is 0 Å². The minimum absolute atomic E-state index is 0.791. The molecule has 0 saturated carbocycles. The Morgan fingerprint density at radius 2 is 0.214 bits per heavy atom. The van der Waals surface area contributed by atoms with Crippen LogP contribution in [0.3, 0.4) is 0 Å². The number of hydrogen-bond acceptors (Lipinski definition) is 56. The third-order valence-corrected chi connectivity index (χ3v) is 20.6. The molecule has 0 aromatic carbocycles. The average molecular weight is 2020 g/mol. The lowest BCUT2D eigenvalue weighted by Gasteiger charge is -2.52. The molecule has 0 spiro atoms. The van der Waals surface area contributed by atoms with E-state index in [0.717, 1.165) is 145 Å². The van der Waals surface area contributed by atoms with Gasteiger partial charge in [0.1, 0.15) is 132 Å². The molecule has 0 N–H and O–H groups in total. The Labute approximate surface area is 795 Å². The summed E-state index contributed by atoms with van der Waals surface area (Å²) in [4.78, 5) is 287. The van der Waals surface area contributed by atoms with E-state index in [2.05, 4.69) is 0 Å². The van der Waals surface area contributed by atoms with Crippen molar-refractivity contribution in [2.75, 3.05) is 46.2 Å². The Balaban J connectivity index is 1.52. The van der Waals surface area contributed by atoms with Gasteiger partial charge in [0.25, 0.3) is 0 Å². The summed E-state index contributed by atoms with van der Waals surface area (Å²) in [6, 6.07) is 0. The second kappa shape index (κ2) is 51.6. The topological polar surface area (TPSA) is 682 Å². The van der Waals surface area contributed by atoms with E-state index in [1.807, 2.05) is 0 Å². The lowest BCUT2D eigenvalue weighted by atomic mass is 9.94. The largest absolute Gasteiger partial charge is 0.463 e. The van der Waals surface area contributed by atoms with E-state index in [1.165, 1.54) is 0 Å². The van der Waals surface area contributed by atoms with E-state index < -0.39 is 387 Å². The van der Waals surface area contributed by atoms with Gasteiger partial charge >= 0.3 is 125 Å². The molecule has 35 atom stereocenters. The van der Waals surface area contributed by atoms with Crippen LogP contribution in [0.2, 0.25) is 0 Å². The predicted molar refractivity (Wildman–Crippen MR) is 429 cm³/mol. The van der Waals surface area contributed by atoms with Gasteiger partial charge in [0, 0.05) is 145 Å². The van der Waals surface area contributed by atoms with E-state index in [9.17, 15) is 101 Å². The van der Waals surface area contributed by atoms with Crippen molar-refractivity contribution in [2.45, 2.75) is 360 Å². The Kier molecular flexibility index (Phi) is 41.9. The van der Waals surface area contributed by atoms with Crippen LogP contribution in [0.25, 0.3) is 0 Å². The zero-order valence-electron chi connectivity index (χ0n) is 79.5. The standard InChI is InChI=1S/C84H112O56/c1-29(85)106-22-50-57-64(113-36(8)92)71(120-43(15)99)78(127-50)135-58-51(23-107-30(2)86)129-80(73(122-45(17)101)65(58)114-37(9)93)137-60-53(25-109-32(4)88)131-82(75(124-47(19)103)67(60)116-39(11)95)139-62-55(27-111-34(6)90)133-84(77(126-49(21)105)69(62)118-41(13)97)140-63-56(28-112-35(7)91)132-83(76(125-48(20)104)70(63)119-42(14)98)138-61-54(26-110-33(5)89)130-81(74(123-46(18)102)68(61)117-40(12)96)136-59-52(24-108-31(3)87)128-79(134-57)72(121-44(16)100)66(59)115-38(10)94/h50-84H,22-28H2,1-21H3/t50-,51-,52-,53-,54-,55-,56?,57-,58+,59-,60-,61-,62-,63-,64+,65-,66+,67+,68+,69+,70+,71-,72-,73-,74-,75-,76-,77-,78-,79-,80+,81-,82-,83-,84-/m1/s1. The smallest absolute Gasteiger partial charge is 0.303 e. The summed E-state index contributed by atoms with van der Waals surface area (Å²) in [6.07, 6.45) is -81.4. The molecule has 140 heavy (non-hydrogen) atoms. The van der Waals surface area contributed by atoms with Crippen molar-refractivity contribution in [2.24, 2.45) is 0 Å². The highest BCUT2D eigenvalue weighted by atomic mass is 16.8. The molecule has 0 amide bonds. The Morgan fingerprint density at radius 1 is 0.129 bits per heavy atom. The van der Waals surface area contributed by atoms with Gasteiger partial charge in [-0.1, -0.05) is 0 Å². The highest BCUT2D eigenvalue weighted by Crippen LogP contribution is 2.45. The molecule has 0 aromatic heterocycles. The number of esters is 21. The SMILES string of the molecule is CC(=O)OCC1O[C@@H]2O[C@H]3[C@H](OC(C)=O)[C@@H](OC(C)=O)[C@@H](O[C@H]4[C@H](OC(C)=O)[C@@H](OC(C)=O)[C@@H](O[C@H]5[C@H](OC(C)=O)[C@@H](OC(C)=O)[C@@H](O[C@@H]6[C@@H](OC(C)=O)[C@@H](OC(C)=O)[C@H](O[C@H]7[C@H](OC(C)=O)[C@@H](OC(C)=O)[C@@H](O[C@H]8[C@H](OC(C)=O)[C@@H](OC(C)=O)[C@@H](O[C@H]1[C@H](OC(C)=O)[C@H]2OC(C)=O)O[C@@H]8COC(C)=O)O[C@@H]7COC(C)=O)O[C@@H]6COC(C)=O)O[C@@H]5COC(C)=O)O[C@@H]4COC(C)=O)O[C@@H]3COC(C)=O. The van der Waals surface area contributed by atoms with Gasteiger partial charge in [-0.05, 0) is 0 Å². The van der Waals surface area contributed by atoms with Gasteiger partial charge in [-0.25, -0.2) is 0 Å². The zero-order valence-corrected chi connectivity index (χ0v) is 79.5. The number of rotatable bonds is 28. The van der Waals surface area contributed by atoms with Crippen molar-refractivity contribution in [3.63, 3.8) is 0 Å². The Bertz CT molecular complexity index is 3700. The lowest BCUT2D eigenvalue weighted by molar-refractivity contribution is -0.396. The quantitative estimate of drug-likeness (QED) is 0.0548. The van der Waals surface area contributed by atoms with Crippen molar-refractivity contribution in [1.82, 2.24) is 0 Å². The molecule has 0 aliphatic carbocycles. The number of ether oxygens (including phenoxy) is 35. The van der Waals surface area contributed by atoms with Gasteiger partial charge in [0.15, 0.2) is 129 Å². The van der Waals surface area contributed by atoms with Crippen LogP contribution in [0, 0.1) is 0 Å². The number of carbonyl (C=O) groups is 21. The maximum absolute atomic E-state index is 14.0. The molecule has 0 radical (unpaired) electrons. The maximum atomic E-state index is 14.0. The van der Waals surface area contributed by atoms with E-state index in [0.29, 0.717) is 0 Å². The molecule has 14 bridgehead atoms. The van der Waals surface area contributed by atoms with Gasteiger partial charge in [-0.3, -0.25) is 101 Å². The summed E-state index contributed by atoms with van der Waals surface area (Å²) >= 11 is 0. The Morgan fingerprint density at radius 3 is 0.293 bits per heavy atom. The minimum Gasteiger partial charge on any atom is -0.463 e. The first-order chi connectivity index (χ1) is 65.7. The summed E-state index contributed by atoms with van der Waals surface area (Å²) in [5.41, 5.74) is 0. The molecule has 0 aromatic rings. The molecular formula is C84H112O56. The second-order valence-corrected chi connectivity index (χ2v) is 32.2. The molecule has 1 unspecified atom stereocenters. The van der Waals surface area contributed by atoms with E-state index in [4.69, 9.17) is 166 Å². The first-order valence-corrected chi connectivity index (χ1v) is 43.2. The molecular weight excluding hydrogens is 1900 g/mol. The molecule has 21 saturated heterocycles. The van der Waals surface area contributed by atoms with Gasteiger partial charge in [-0.2, -0.15) is 0 Å². The highest BCUT2D eigenvalue weighted by molar-refractivity contribution is 5.74. The van der Waals surface area contributed by atoms with Crippen molar-refractivity contribution >= 4 is 125 Å². The van der Waals surface area contributed by atoms with E-state index in [1.54, 1.807) is 0 Å². The van der Waals surface area contributed by atoms with Crippen molar-refractivity contribution in [3.05, 3.63) is 0 Å². The summed E-state index contributed by atoms with van der Waals surface area (Å²) in [7, 11) is 0. The lowest BCUT2D eigenvalue weighted by Crippen LogP contribution is -2.70. The third kappa shape index (κ3) is 32.4. The fraction of sp³-hybridized carbons (Fsp3) is 0.750. The highest BCUT2D eigenvalue weighted by Gasteiger charge is 2.66. The number of carbonyl (C=O) groups excluding carboxylic acids is 21. The summed E-state index contributed by atoms with van der Waals surface area (Å²) in [6.45, 7) is 9.45. The normalized spacial score (nSPS) is 34.6. The second-order valence-electron chi connectivity index (χ2n) is 32.2. The van der Waals surface area contributed by atoms with Crippen LogP contribution in [-0.4, -0.2) is 387 Å². The van der Waals surface area contributed by atoms with Crippen molar-refractivity contribution < 1.29 is 266 Å². The van der Waals surface area contributed by atoms with Crippen LogP contribution in [-0.2, 0) is 266 Å². The van der Waals surface area contributed by atoms with Crippen molar-refractivity contribution in [3.8, 4) is 0 Å². The Hall–Kier alpha value is -11.7. The summed E-state index contributed by atoms with van der Waals surface area (Å²) in [5, 5.41) is 0. The molecule has 21 aliphatic rings. The monoisotopic (exact) mass is 2020 g/mol. The van der Waals surface area contributed by atoms with Crippen LogP contribution in [0.1, 0.15) is 145 Å². The third-order valence-electron chi connectivity index (χ3n) is 20.6. The molecule has 56 heteroatoms. The van der Waals surface area contributed by atoms with E-state index in [-0.39, 0.29) is 0 Å². The number of hydrogen-bond donors (Lipinski definition) is 0. The fourth-order valence-corrected chi connectivity index (χ4v) is 16.0. The molecule has 56 nitrogen and oxygen atoms in total. The van der Waals surface area contributed by atoms with Gasteiger partial charge in [0.2, 0.25) is 0 Å². The fourth-order valence-electron chi connectivity index (χ4n) is 16.0. The minimum atomic E-state index is -2.47. The van der Waals surface area contributed by atoms with Gasteiger partial charge < -0.3 is 166 Å².